The standard InChI is InChI=1S/C10H17NO2.ClH/c1-13-10(12)4-8-2-7-3-9(8)6-11-5-7;/h7-9,11H,2-6H2,1H3;1H/t7-,8+,9+;/m1./s1. The van der Waals surface area contributed by atoms with Crippen LogP contribution in [-0.2, 0) is 9.53 Å². The summed E-state index contributed by atoms with van der Waals surface area (Å²) < 4.78 is 4.70. The van der Waals surface area contributed by atoms with Gasteiger partial charge in [-0.2, -0.15) is 0 Å². The first-order chi connectivity index (χ1) is 6.29. The summed E-state index contributed by atoms with van der Waals surface area (Å²) in [5, 5.41) is 3.42. The van der Waals surface area contributed by atoms with E-state index in [0.717, 1.165) is 24.9 Å². The molecule has 4 heteroatoms. The van der Waals surface area contributed by atoms with E-state index < -0.39 is 0 Å². The summed E-state index contributed by atoms with van der Waals surface area (Å²) in [6, 6.07) is 0. The first-order valence-corrected chi connectivity index (χ1v) is 5.07. The fraction of sp³-hybridized carbons (Fsp3) is 0.900. The molecule has 1 aliphatic carbocycles. The molecular formula is C10H18ClNO2. The summed E-state index contributed by atoms with van der Waals surface area (Å²) in [6.45, 7) is 2.24. The van der Waals surface area contributed by atoms with E-state index in [4.69, 9.17) is 4.74 Å². The molecule has 2 fully saturated rings. The van der Waals surface area contributed by atoms with E-state index in [-0.39, 0.29) is 18.4 Å². The molecule has 0 aromatic carbocycles. The normalized spacial score (nSPS) is 34.8. The zero-order chi connectivity index (χ0) is 9.26. The minimum absolute atomic E-state index is 0. The van der Waals surface area contributed by atoms with Crippen LogP contribution in [0.5, 0.6) is 0 Å². The summed E-state index contributed by atoms with van der Waals surface area (Å²) in [6.07, 6.45) is 3.15. The Balaban J connectivity index is 0.000000980. The van der Waals surface area contributed by atoms with Gasteiger partial charge in [0.2, 0.25) is 0 Å². The first kappa shape index (κ1) is 11.8. The number of fused-ring (bicyclic) bond motifs is 2. The van der Waals surface area contributed by atoms with Crippen LogP contribution in [0.2, 0.25) is 0 Å². The summed E-state index contributed by atoms with van der Waals surface area (Å²) in [4.78, 5) is 11.1. The van der Waals surface area contributed by atoms with E-state index in [1.165, 1.54) is 20.0 Å². The smallest absolute Gasteiger partial charge is 0.305 e. The van der Waals surface area contributed by atoms with E-state index in [1.807, 2.05) is 0 Å². The van der Waals surface area contributed by atoms with Gasteiger partial charge >= 0.3 is 5.97 Å². The van der Waals surface area contributed by atoms with Gasteiger partial charge in [-0.05, 0) is 43.7 Å². The van der Waals surface area contributed by atoms with E-state index >= 15 is 0 Å². The average molecular weight is 220 g/mol. The Kier molecular flexibility index (Phi) is 4.20. The topological polar surface area (TPSA) is 38.3 Å². The third-order valence-electron chi connectivity index (χ3n) is 3.43. The monoisotopic (exact) mass is 219 g/mol. The molecule has 1 heterocycles. The second-order valence-corrected chi connectivity index (χ2v) is 4.30. The van der Waals surface area contributed by atoms with Gasteiger partial charge in [0, 0.05) is 6.42 Å². The van der Waals surface area contributed by atoms with Gasteiger partial charge in [-0.25, -0.2) is 0 Å². The average Bonchev–Trinajstić information content (AvgIpc) is 2.42. The molecule has 3 nitrogen and oxygen atoms in total. The van der Waals surface area contributed by atoms with Crippen LogP contribution in [0.15, 0.2) is 0 Å². The number of carbonyl (C=O) groups excluding carboxylic acids is 1. The second-order valence-electron chi connectivity index (χ2n) is 4.30. The third kappa shape index (κ3) is 2.39. The molecule has 0 unspecified atom stereocenters. The minimum atomic E-state index is -0.0439. The lowest BCUT2D eigenvalue weighted by Gasteiger charge is -2.21. The molecule has 0 amide bonds. The number of hydrogen-bond acceptors (Lipinski definition) is 3. The highest BCUT2D eigenvalue weighted by Gasteiger charge is 2.37. The largest absolute Gasteiger partial charge is 0.469 e. The number of halogens is 1. The van der Waals surface area contributed by atoms with Crippen molar-refractivity contribution in [3.8, 4) is 0 Å². The van der Waals surface area contributed by atoms with Crippen LogP contribution in [0.4, 0.5) is 0 Å². The van der Waals surface area contributed by atoms with Gasteiger partial charge in [-0.1, -0.05) is 0 Å². The number of nitrogens with one attached hydrogen (secondary N) is 1. The van der Waals surface area contributed by atoms with Gasteiger partial charge in [-0.3, -0.25) is 4.79 Å². The van der Waals surface area contributed by atoms with Gasteiger partial charge < -0.3 is 10.1 Å². The molecule has 0 aromatic heterocycles. The number of piperidine rings is 1. The number of ether oxygens (including phenoxy) is 1. The van der Waals surface area contributed by atoms with Crippen LogP contribution in [0, 0.1) is 17.8 Å². The van der Waals surface area contributed by atoms with Crippen molar-refractivity contribution >= 4 is 18.4 Å². The summed E-state index contributed by atoms with van der Waals surface area (Å²) in [5.41, 5.74) is 0. The molecule has 1 saturated carbocycles. The zero-order valence-electron chi connectivity index (χ0n) is 8.49. The summed E-state index contributed by atoms with van der Waals surface area (Å²) in [5.74, 6) is 2.07. The number of esters is 1. The summed E-state index contributed by atoms with van der Waals surface area (Å²) in [7, 11) is 1.47. The van der Waals surface area contributed by atoms with Gasteiger partial charge in [0.1, 0.15) is 0 Å². The predicted octanol–water partition coefficient (Wildman–Crippen LogP) is 1.22. The molecule has 3 atom stereocenters. The molecule has 14 heavy (non-hydrogen) atoms. The molecular weight excluding hydrogens is 202 g/mol. The molecule has 1 saturated heterocycles. The van der Waals surface area contributed by atoms with E-state index in [2.05, 4.69) is 5.32 Å². The van der Waals surface area contributed by atoms with Gasteiger partial charge in [0.05, 0.1) is 7.11 Å². The highest BCUT2D eigenvalue weighted by atomic mass is 35.5. The Morgan fingerprint density at radius 1 is 1.43 bits per heavy atom. The second kappa shape index (κ2) is 4.99. The Morgan fingerprint density at radius 2 is 2.21 bits per heavy atom. The van der Waals surface area contributed by atoms with E-state index in [9.17, 15) is 4.79 Å². The van der Waals surface area contributed by atoms with Crippen LogP contribution in [0.3, 0.4) is 0 Å². The number of hydrogen-bond donors (Lipinski definition) is 1. The highest BCUT2D eigenvalue weighted by Crippen LogP contribution is 2.40. The van der Waals surface area contributed by atoms with Crippen molar-refractivity contribution in [3.05, 3.63) is 0 Å². The molecule has 0 spiro atoms. The van der Waals surface area contributed by atoms with E-state index in [0.29, 0.717) is 12.3 Å². The fourth-order valence-electron chi connectivity index (χ4n) is 2.77. The molecule has 1 aliphatic heterocycles. The maximum absolute atomic E-state index is 11.1. The van der Waals surface area contributed by atoms with Gasteiger partial charge in [0.15, 0.2) is 0 Å². The number of rotatable bonds is 2. The molecule has 2 rings (SSSR count). The van der Waals surface area contributed by atoms with Crippen molar-refractivity contribution < 1.29 is 9.53 Å². The summed E-state index contributed by atoms with van der Waals surface area (Å²) >= 11 is 0. The predicted molar refractivity (Wildman–Crippen MR) is 56.5 cm³/mol. The van der Waals surface area contributed by atoms with Crippen LogP contribution < -0.4 is 5.32 Å². The number of methoxy groups -OCH3 is 1. The SMILES string of the molecule is COC(=O)C[C@@H]1C[C@H]2CNC[C@@H]1C2.Cl. The lowest BCUT2D eigenvalue weighted by Crippen LogP contribution is -2.32. The van der Waals surface area contributed by atoms with Crippen LogP contribution >= 0.6 is 12.4 Å². The zero-order valence-corrected chi connectivity index (χ0v) is 9.31. The molecule has 0 aromatic rings. The van der Waals surface area contributed by atoms with E-state index in [1.54, 1.807) is 0 Å². The van der Waals surface area contributed by atoms with Crippen molar-refractivity contribution in [1.29, 1.82) is 0 Å². The molecule has 2 bridgehead atoms. The van der Waals surface area contributed by atoms with Crippen molar-refractivity contribution in [2.24, 2.45) is 17.8 Å². The van der Waals surface area contributed by atoms with Crippen LogP contribution in [-0.4, -0.2) is 26.2 Å². The Labute approximate surface area is 91.0 Å². The Bertz CT molecular complexity index is 210. The number of carbonyl (C=O) groups is 1. The Hall–Kier alpha value is -0.280. The molecule has 2 aliphatic rings. The van der Waals surface area contributed by atoms with Gasteiger partial charge in [0.25, 0.3) is 0 Å². The highest BCUT2D eigenvalue weighted by molar-refractivity contribution is 5.85. The van der Waals surface area contributed by atoms with Gasteiger partial charge in [-0.15, -0.1) is 12.4 Å². The lowest BCUT2D eigenvalue weighted by atomic mass is 9.93. The fourth-order valence-corrected chi connectivity index (χ4v) is 2.77. The molecule has 0 radical (unpaired) electrons. The lowest BCUT2D eigenvalue weighted by molar-refractivity contribution is -0.142. The maximum atomic E-state index is 11.1. The third-order valence-corrected chi connectivity index (χ3v) is 3.43. The molecule has 82 valence electrons. The Morgan fingerprint density at radius 3 is 2.86 bits per heavy atom. The molecule has 1 N–H and O–H groups in total. The van der Waals surface area contributed by atoms with Crippen molar-refractivity contribution in [2.45, 2.75) is 19.3 Å². The van der Waals surface area contributed by atoms with Crippen LogP contribution in [0.25, 0.3) is 0 Å². The van der Waals surface area contributed by atoms with Crippen molar-refractivity contribution in [2.75, 3.05) is 20.2 Å². The van der Waals surface area contributed by atoms with Crippen molar-refractivity contribution in [3.63, 3.8) is 0 Å². The first-order valence-electron chi connectivity index (χ1n) is 5.07. The quantitative estimate of drug-likeness (QED) is 0.710. The minimum Gasteiger partial charge on any atom is -0.469 e. The maximum Gasteiger partial charge on any atom is 0.305 e. The van der Waals surface area contributed by atoms with Crippen molar-refractivity contribution in [1.82, 2.24) is 5.32 Å². The van der Waals surface area contributed by atoms with Crippen LogP contribution in [0.1, 0.15) is 19.3 Å².